The first kappa shape index (κ1) is 7.60. The average molecular weight is 158 g/mol. The Morgan fingerprint density at radius 2 is 2.00 bits per heavy atom. The van der Waals surface area contributed by atoms with Gasteiger partial charge in [0.05, 0.1) is 0 Å². The van der Waals surface area contributed by atoms with Crippen LogP contribution in [0.4, 0.5) is 0 Å². The summed E-state index contributed by atoms with van der Waals surface area (Å²) in [6.45, 7) is 4.41. The number of hydrogen-bond donors (Lipinski definition) is 0. The smallest absolute Gasteiger partial charge is 0.0169 e. The average Bonchev–Trinajstić information content (AvgIpc) is 2.04. The normalized spacial score (nSPS) is 15.3. The molecule has 0 atom stereocenters. The second kappa shape index (κ2) is 2.78. The molecule has 1 aromatic rings. The molecule has 0 saturated heterocycles. The number of benzene rings is 1. The third kappa shape index (κ3) is 1.08. The molecule has 1 aromatic carbocycles. The molecule has 0 radical (unpaired) electrons. The fraction of sp³-hybridized carbons (Fsp3) is 0.333. The van der Waals surface area contributed by atoms with Crippen molar-refractivity contribution in [2.75, 3.05) is 0 Å². The van der Waals surface area contributed by atoms with Crippen molar-refractivity contribution in [2.45, 2.75) is 26.7 Å². The molecule has 0 spiro atoms. The first-order valence-electron chi connectivity index (χ1n) is 4.54. The summed E-state index contributed by atoms with van der Waals surface area (Å²) in [6, 6.07) is 6.60. The minimum atomic E-state index is 1.21. The standard InChI is InChI=1S/C12H14/c1-9-5-3-7-11-8-4-6-10(2)12(9)11/h3,5-7H,4,8H2,1-2H3. The van der Waals surface area contributed by atoms with E-state index in [-0.39, 0.29) is 0 Å². The molecule has 0 aromatic heterocycles. The van der Waals surface area contributed by atoms with E-state index in [1.54, 1.807) is 0 Å². The van der Waals surface area contributed by atoms with Gasteiger partial charge in [0.2, 0.25) is 0 Å². The quantitative estimate of drug-likeness (QED) is 0.543. The van der Waals surface area contributed by atoms with Gasteiger partial charge in [-0.1, -0.05) is 24.3 Å². The molecule has 0 saturated carbocycles. The highest BCUT2D eigenvalue weighted by atomic mass is 14.1. The number of rotatable bonds is 0. The summed E-state index contributed by atoms with van der Waals surface area (Å²) < 4.78 is 0. The zero-order valence-corrected chi connectivity index (χ0v) is 7.72. The minimum absolute atomic E-state index is 1.21. The maximum atomic E-state index is 2.34. The zero-order chi connectivity index (χ0) is 8.55. The van der Waals surface area contributed by atoms with E-state index in [2.05, 4.69) is 38.1 Å². The fourth-order valence-electron chi connectivity index (χ4n) is 2.05. The molecule has 0 amide bonds. The van der Waals surface area contributed by atoms with Crippen molar-refractivity contribution < 1.29 is 0 Å². The van der Waals surface area contributed by atoms with E-state index in [9.17, 15) is 0 Å². The first-order chi connectivity index (χ1) is 5.79. The van der Waals surface area contributed by atoms with Gasteiger partial charge in [-0.05, 0) is 49.0 Å². The Hall–Kier alpha value is -1.04. The van der Waals surface area contributed by atoms with Gasteiger partial charge in [0.1, 0.15) is 0 Å². The molecule has 0 heteroatoms. The van der Waals surface area contributed by atoms with E-state index in [0.717, 1.165) is 0 Å². The largest absolute Gasteiger partial charge is 0.0807 e. The van der Waals surface area contributed by atoms with Gasteiger partial charge in [-0.2, -0.15) is 0 Å². The van der Waals surface area contributed by atoms with Crippen LogP contribution in [-0.2, 0) is 6.42 Å². The van der Waals surface area contributed by atoms with Crippen molar-refractivity contribution in [1.82, 2.24) is 0 Å². The summed E-state index contributed by atoms with van der Waals surface area (Å²) in [6.07, 6.45) is 4.77. The molecule has 0 unspecified atom stereocenters. The Balaban J connectivity index is 2.64. The van der Waals surface area contributed by atoms with Gasteiger partial charge in [0, 0.05) is 0 Å². The van der Waals surface area contributed by atoms with Gasteiger partial charge in [-0.15, -0.1) is 0 Å². The SMILES string of the molecule is CC1=CCCc2cccc(C)c21. The second-order valence-electron chi connectivity index (χ2n) is 3.53. The lowest BCUT2D eigenvalue weighted by atomic mass is 9.89. The molecule has 12 heavy (non-hydrogen) atoms. The minimum Gasteiger partial charge on any atom is -0.0807 e. The predicted molar refractivity (Wildman–Crippen MR) is 53.2 cm³/mol. The lowest BCUT2D eigenvalue weighted by Crippen LogP contribution is -1.99. The Kier molecular flexibility index (Phi) is 1.76. The number of fused-ring (bicyclic) bond motifs is 1. The Bertz CT molecular complexity index is 332. The highest BCUT2D eigenvalue weighted by molar-refractivity contribution is 5.70. The molecule has 1 aliphatic carbocycles. The molecule has 0 heterocycles. The fourth-order valence-corrected chi connectivity index (χ4v) is 2.05. The van der Waals surface area contributed by atoms with E-state index in [1.807, 2.05) is 0 Å². The summed E-state index contributed by atoms with van der Waals surface area (Å²) in [5.74, 6) is 0. The van der Waals surface area contributed by atoms with Crippen molar-refractivity contribution in [2.24, 2.45) is 0 Å². The van der Waals surface area contributed by atoms with Gasteiger partial charge in [-0.3, -0.25) is 0 Å². The zero-order valence-electron chi connectivity index (χ0n) is 7.72. The van der Waals surface area contributed by atoms with Gasteiger partial charge >= 0.3 is 0 Å². The maximum absolute atomic E-state index is 2.34. The lowest BCUT2D eigenvalue weighted by Gasteiger charge is -2.16. The van der Waals surface area contributed by atoms with Crippen LogP contribution >= 0.6 is 0 Å². The third-order valence-electron chi connectivity index (χ3n) is 2.62. The molecular formula is C12H14. The van der Waals surface area contributed by atoms with Crippen molar-refractivity contribution >= 4 is 5.57 Å². The highest BCUT2D eigenvalue weighted by Gasteiger charge is 2.10. The Morgan fingerprint density at radius 3 is 2.75 bits per heavy atom. The van der Waals surface area contributed by atoms with Gasteiger partial charge < -0.3 is 0 Å². The lowest BCUT2D eigenvalue weighted by molar-refractivity contribution is 0.970. The summed E-state index contributed by atoms with van der Waals surface area (Å²) in [5, 5.41) is 0. The van der Waals surface area contributed by atoms with Crippen LogP contribution in [0, 0.1) is 6.92 Å². The van der Waals surface area contributed by atoms with Crippen LogP contribution in [0.5, 0.6) is 0 Å². The van der Waals surface area contributed by atoms with Gasteiger partial charge in [-0.25, -0.2) is 0 Å². The van der Waals surface area contributed by atoms with E-state index < -0.39 is 0 Å². The summed E-state index contributed by atoms with van der Waals surface area (Å²) in [5.41, 5.74) is 5.88. The van der Waals surface area contributed by atoms with Crippen molar-refractivity contribution in [3.05, 3.63) is 41.0 Å². The maximum Gasteiger partial charge on any atom is -0.0169 e. The van der Waals surface area contributed by atoms with Crippen LogP contribution in [-0.4, -0.2) is 0 Å². The van der Waals surface area contributed by atoms with Crippen molar-refractivity contribution in [3.8, 4) is 0 Å². The van der Waals surface area contributed by atoms with Crippen LogP contribution in [0.3, 0.4) is 0 Å². The molecule has 0 aliphatic heterocycles. The molecule has 0 fully saturated rings. The molecule has 2 rings (SSSR count). The topological polar surface area (TPSA) is 0 Å². The Morgan fingerprint density at radius 1 is 1.17 bits per heavy atom. The van der Waals surface area contributed by atoms with Crippen LogP contribution in [0.2, 0.25) is 0 Å². The number of aryl methyl sites for hydroxylation is 2. The second-order valence-corrected chi connectivity index (χ2v) is 3.53. The summed E-state index contributed by atoms with van der Waals surface area (Å²) in [7, 11) is 0. The number of allylic oxidation sites excluding steroid dienone is 2. The monoisotopic (exact) mass is 158 g/mol. The molecular weight excluding hydrogens is 144 g/mol. The van der Waals surface area contributed by atoms with Gasteiger partial charge in [0.15, 0.2) is 0 Å². The van der Waals surface area contributed by atoms with Crippen LogP contribution in [0.25, 0.3) is 5.57 Å². The molecule has 0 bridgehead atoms. The molecule has 62 valence electrons. The van der Waals surface area contributed by atoms with Crippen molar-refractivity contribution in [3.63, 3.8) is 0 Å². The van der Waals surface area contributed by atoms with E-state index in [0.29, 0.717) is 0 Å². The predicted octanol–water partition coefficient (Wildman–Crippen LogP) is 3.34. The van der Waals surface area contributed by atoms with Crippen LogP contribution in [0.15, 0.2) is 24.3 Å². The van der Waals surface area contributed by atoms with Gasteiger partial charge in [0.25, 0.3) is 0 Å². The van der Waals surface area contributed by atoms with E-state index >= 15 is 0 Å². The van der Waals surface area contributed by atoms with E-state index in [4.69, 9.17) is 0 Å². The number of hydrogen-bond acceptors (Lipinski definition) is 0. The molecule has 0 nitrogen and oxygen atoms in total. The van der Waals surface area contributed by atoms with Crippen LogP contribution < -0.4 is 0 Å². The Labute approximate surface area is 73.9 Å². The van der Waals surface area contributed by atoms with E-state index in [1.165, 1.54) is 35.1 Å². The van der Waals surface area contributed by atoms with Crippen molar-refractivity contribution in [1.29, 1.82) is 0 Å². The third-order valence-corrected chi connectivity index (χ3v) is 2.62. The highest BCUT2D eigenvalue weighted by Crippen LogP contribution is 2.28. The first-order valence-corrected chi connectivity index (χ1v) is 4.54. The molecule has 0 N–H and O–H groups in total. The van der Waals surface area contributed by atoms with Crippen LogP contribution in [0.1, 0.15) is 30.0 Å². The molecule has 1 aliphatic rings. The summed E-state index contributed by atoms with van der Waals surface area (Å²) in [4.78, 5) is 0. The summed E-state index contributed by atoms with van der Waals surface area (Å²) >= 11 is 0.